The zero-order chi connectivity index (χ0) is 14.6. The normalized spacial score (nSPS) is 20.6. The Kier molecular flexibility index (Phi) is 5.17. The molecule has 1 aromatic heterocycles. The van der Waals surface area contributed by atoms with Crippen molar-refractivity contribution in [2.45, 2.75) is 44.7 Å². The molecule has 0 aliphatic carbocycles. The summed E-state index contributed by atoms with van der Waals surface area (Å²) in [6.45, 7) is 6.70. The average molecular weight is 300 g/mol. The highest BCUT2D eigenvalue weighted by molar-refractivity contribution is 7.89. The molecule has 1 unspecified atom stereocenters. The summed E-state index contributed by atoms with van der Waals surface area (Å²) in [4.78, 5) is 0. The van der Waals surface area contributed by atoms with E-state index in [9.17, 15) is 8.42 Å². The predicted molar refractivity (Wildman–Crippen MR) is 77.7 cm³/mol. The molecule has 0 saturated carbocycles. The fourth-order valence-electron chi connectivity index (χ4n) is 2.70. The second-order valence-electron chi connectivity index (χ2n) is 5.31. The average Bonchev–Trinajstić information content (AvgIpc) is 3.05. The molecule has 0 radical (unpaired) electrons. The number of hydrogen-bond acceptors (Lipinski definition) is 4. The van der Waals surface area contributed by atoms with Crippen LogP contribution in [0, 0.1) is 5.92 Å². The molecular weight excluding hydrogens is 276 g/mol. The monoisotopic (exact) mass is 300 g/mol. The lowest BCUT2D eigenvalue weighted by Gasteiger charge is -2.16. The highest BCUT2D eigenvalue weighted by atomic mass is 32.2. The molecule has 0 spiro atoms. The Labute approximate surface area is 121 Å². The van der Waals surface area contributed by atoms with Crippen molar-refractivity contribution in [3.63, 3.8) is 0 Å². The maximum absolute atomic E-state index is 12.7. The molecule has 2 N–H and O–H groups in total. The fraction of sp³-hybridized carbons (Fsp3) is 0.769. The molecule has 1 aromatic rings. The smallest absolute Gasteiger partial charge is 0.260 e. The third kappa shape index (κ3) is 3.21. The Morgan fingerprint density at radius 1 is 1.50 bits per heavy atom. The molecule has 2 rings (SSSR count). The molecule has 6 nitrogen and oxygen atoms in total. The van der Waals surface area contributed by atoms with E-state index in [1.54, 1.807) is 10.5 Å². The van der Waals surface area contributed by atoms with Gasteiger partial charge in [0.25, 0.3) is 10.0 Å². The lowest BCUT2D eigenvalue weighted by Crippen LogP contribution is -2.30. The fourth-order valence-corrected chi connectivity index (χ4v) is 4.33. The van der Waals surface area contributed by atoms with E-state index in [1.807, 2.05) is 6.92 Å². The summed E-state index contributed by atoms with van der Waals surface area (Å²) >= 11 is 0. The minimum atomic E-state index is -3.43. The van der Waals surface area contributed by atoms with Gasteiger partial charge in [0.1, 0.15) is 0 Å². The van der Waals surface area contributed by atoms with Crippen molar-refractivity contribution in [2.24, 2.45) is 5.92 Å². The third-order valence-corrected chi connectivity index (χ3v) is 5.67. The summed E-state index contributed by atoms with van der Waals surface area (Å²) in [6, 6.07) is 0. The van der Waals surface area contributed by atoms with Crippen LogP contribution in [0.2, 0.25) is 0 Å². The summed E-state index contributed by atoms with van der Waals surface area (Å²) in [5, 5.41) is 9.94. The van der Waals surface area contributed by atoms with Crippen molar-refractivity contribution in [3.05, 3.63) is 11.8 Å². The van der Waals surface area contributed by atoms with E-state index in [-0.39, 0.29) is 5.03 Å². The number of nitrogens with zero attached hydrogens (tertiary/aromatic N) is 2. The Bertz CT molecular complexity index is 526. The van der Waals surface area contributed by atoms with Crippen molar-refractivity contribution in [1.29, 1.82) is 0 Å². The first-order chi connectivity index (χ1) is 9.59. The number of rotatable bonds is 7. The Morgan fingerprint density at radius 3 is 3.00 bits per heavy atom. The van der Waals surface area contributed by atoms with Crippen molar-refractivity contribution >= 4 is 10.0 Å². The molecule has 1 fully saturated rings. The van der Waals surface area contributed by atoms with Gasteiger partial charge in [-0.05, 0) is 25.3 Å². The first-order valence-corrected chi connectivity index (χ1v) is 8.76. The van der Waals surface area contributed by atoms with Gasteiger partial charge in [-0.3, -0.25) is 5.10 Å². The van der Waals surface area contributed by atoms with Gasteiger partial charge in [-0.1, -0.05) is 20.3 Å². The van der Waals surface area contributed by atoms with Gasteiger partial charge in [-0.2, -0.15) is 9.40 Å². The number of H-pyrrole nitrogens is 1. The molecule has 1 aliphatic heterocycles. The predicted octanol–water partition coefficient (Wildman–Crippen LogP) is 1.33. The van der Waals surface area contributed by atoms with Crippen LogP contribution in [-0.2, 0) is 16.6 Å². The van der Waals surface area contributed by atoms with E-state index in [4.69, 9.17) is 0 Å². The van der Waals surface area contributed by atoms with E-state index in [0.717, 1.165) is 25.8 Å². The summed E-state index contributed by atoms with van der Waals surface area (Å²) in [5.41, 5.74) is 0.714. The second kappa shape index (κ2) is 6.69. The van der Waals surface area contributed by atoms with Crippen molar-refractivity contribution in [2.75, 3.05) is 19.6 Å². The van der Waals surface area contributed by atoms with Gasteiger partial charge in [0, 0.05) is 25.2 Å². The Balaban J connectivity index is 2.13. The molecular formula is C13H24N4O2S. The van der Waals surface area contributed by atoms with Gasteiger partial charge in [-0.15, -0.1) is 0 Å². The van der Waals surface area contributed by atoms with Gasteiger partial charge < -0.3 is 5.32 Å². The van der Waals surface area contributed by atoms with Gasteiger partial charge in [-0.25, -0.2) is 8.42 Å². The van der Waals surface area contributed by atoms with Gasteiger partial charge in [0.2, 0.25) is 0 Å². The summed E-state index contributed by atoms with van der Waals surface area (Å²) in [5.74, 6) is 0.495. The summed E-state index contributed by atoms with van der Waals surface area (Å²) in [7, 11) is -3.43. The SMILES string of the molecule is CCCC1CCN(S(=O)(=O)c2[nH]ncc2CNCC)C1. The van der Waals surface area contributed by atoms with Crippen LogP contribution < -0.4 is 5.32 Å². The number of sulfonamides is 1. The van der Waals surface area contributed by atoms with Crippen LogP contribution >= 0.6 is 0 Å². The maximum Gasteiger partial charge on any atom is 0.260 e. The number of aromatic amines is 1. The topological polar surface area (TPSA) is 78.1 Å². The summed E-state index contributed by atoms with van der Waals surface area (Å²) in [6.07, 6.45) is 4.76. The molecule has 114 valence electrons. The molecule has 2 heterocycles. The van der Waals surface area contributed by atoms with Gasteiger partial charge in [0.15, 0.2) is 5.03 Å². The minimum Gasteiger partial charge on any atom is -0.313 e. The van der Waals surface area contributed by atoms with Crippen LogP contribution in [0.15, 0.2) is 11.2 Å². The maximum atomic E-state index is 12.7. The minimum absolute atomic E-state index is 0.246. The number of nitrogens with one attached hydrogen (secondary N) is 2. The Hall–Kier alpha value is -0.920. The second-order valence-corrected chi connectivity index (χ2v) is 7.19. The largest absolute Gasteiger partial charge is 0.313 e. The van der Waals surface area contributed by atoms with Crippen LogP contribution in [0.5, 0.6) is 0 Å². The zero-order valence-corrected chi connectivity index (χ0v) is 13.0. The highest BCUT2D eigenvalue weighted by Crippen LogP contribution is 2.27. The third-order valence-electron chi connectivity index (χ3n) is 3.79. The molecule has 0 aromatic carbocycles. The van der Waals surface area contributed by atoms with E-state index >= 15 is 0 Å². The standard InChI is InChI=1S/C13H24N4O2S/c1-3-5-11-6-7-17(10-11)20(18,19)13-12(8-14-4-2)9-15-16-13/h9,11,14H,3-8,10H2,1-2H3,(H,15,16). The van der Waals surface area contributed by atoms with Crippen molar-refractivity contribution < 1.29 is 8.42 Å². The van der Waals surface area contributed by atoms with Crippen LogP contribution in [0.4, 0.5) is 0 Å². The molecule has 0 bridgehead atoms. The molecule has 1 aliphatic rings. The van der Waals surface area contributed by atoms with E-state index < -0.39 is 10.0 Å². The van der Waals surface area contributed by atoms with Crippen LogP contribution in [0.25, 0.3) is 0 Å². The molecule has 1 atom stereocenters. The van der Waals surface area contributed by atoms with Gasteiger partial charge >= 0.3 is 0 Å². The Morgan fingerprint density at radius 2 is 2.30 bits per heavy atom. The lowest BCUT2D eigenvalue weighted by molar-refractivity contribution is 0.441. The quantitative estimate of drug-likeness (QED) is 0.796. The number of hydrogen-bond donors (Lipinski definition) is 2. The van der Waals surface area contributed by atoms with Crippen LogP contribution in [0.3, 0.4) is 0 Å². The molecule has 20 heavy (non-hydrogen) atoms. The van der Waals surface area contributed by atoms with Crippen LogP contribution in [0.1, 0.15) is 38.7 Å². The van der Waals surface area contributed by atoms with E-state index in [1.165, 1.54) is 0 Å². The van der Waals surface area contributed by atoms with Crippen LogP contribution in [-0.4, -0.2) is 42.6 Å². The molecule has 7 heteroatoms. The van der Waals surface area contributed by atoms with E-state index in [2.05, 4.69) is 22.4 Å². The first-order valence-electron chi connectivity index (χ1n) is 7.32. The zero-order valence-electron chi connectivity index (χ0n) is 12.2. The van der Waals surface area contributed by atoms with Crippen molar-refractivity contribution in [3.8, 4) is 0 Å². The van der Waals surface area contributed by atoms with E-state index in [0.29, 0.717) is 31.1 Å². The number of aromatic nitrogens is 2. The van der Waals surface area contributed by atoms with Gasteiger partial charge in [0.05, 0.1) is 6.20 Å². The molecule has 0 amide bonds. The first kappa shape index (κ1) is 15.5. The summed E-state index contributed by atoms with van der Waals surface area (Å²) < 4.78 is 26.9. The lowest BCUT2D eigenvalue weighted by atomic mass is 10.0. The molecule has 1 saturated heterocycles. The highest BCUT2D eigenvalue weighted by Gasteiger charge is 2.34. The van der Waals surface area contributed by atoms with Crippen molar-refractivity contribution in [1.82, 2.24) is 19.8 Å².